The molecule has 1 unspecified atom stereocenters. The molecule has 38 heavy (non-hydrogen) atoms. The zero-order valence-electron chi connectivity index (χ0n) is 20.4. The third kappa shape index (κ3) is 3.20. The van der Waals surface area contributed by atoms with Crippen LogP contribution in [0.5, 0.6) is 11.5 Å². The maximum absolute atomic E-state index is 13.9. The highest BCUT2D eigenvalue weighted by atomic mass is 35.5. The molecule has 1 spiro atoms. The molecule has 0 aromatic heterocycles. The summed E-state index contributed by atoms with van der Waals surface area (Å²) in [7, 11) is -4.32. The highest BCUT2D eigenvalue weighted by Gasteiger charge is 2.75. The van der Waals surface area contributed by atoms with E-state index in [1.165, 1.54) is 24.3 Å². The Morgan fingerprint density at radius 2 is 2.03 bits per heavy atom. The lowest BCUT2D eigenvalue weighted by Crippen LogP contribution is -2.78. The minimum absolute atomic E-state index is 0.119. The van der Waals surface area contributed by atoms with Crippen molar-refractivity contribution in [2.24, 2.45) is 11.8 Å². The van der Waals surface area contributed by atoms with Gasteiger partial charge >= 0.3 is 0 Å². The quantitative estimate of drug-likeness (QED) is 0.474. The van der Waals surface area contributed by atoms with E-state index in [0.717, 1.165) is 24.9 Å². The maximum Gasteiger partial charge on any atom is 0.264 e. The van der Waals surface area contributed by atoms with Gasteiger partial charge in [0.15, 0.2) is 23.4 Å². The van der Waals surface area contributed by atoms with Crippen LogP contribution >= 0.6 is 11.6 Å². The Bertz CT molecular complexity index is 1510. The van der Waals surface area contributed by atoms with Crippen molar-refractivity contribution in [1.29, 1.82) is 0 Å². The molecule has 7 rings (SSSR count). The van der Waals surface area contributed by atoms with Crippen molar-refractivity contribution in [1.82, 2.24) is 9.62 Å². The normalized spacial score (nSPS) is 33.4. The summed E-state index contributed by atoms with van der Waals surface area (Å²) >= 11 is 5.94. The summed E-state index contributed by atoms with van der Waals surface area (Å²) in [5.74, 6) is -2.43. The number of halogens is 1. The number of nitrogens with zero attached hydrogens (tertiary/aromatic N) is 1. The predicted octanol–water partition coefficient (Wildman–Crippen LogP) is 1.91. The van der Waals surface area contributed by atoms with Gasteiger partial charge in [-0.15, -0.1) is 0 Å². The van der Waals surface area contributed by atoms with Crippen LogP contribution in [0.2, 0.25) is 5.02 Å². The average Bonchev–Trinajstić information content (AvgIpc) is 3.60. The molecule has 2 heterocycles. The highest BCUT2D eigenvalue weighted by molar-refractivity contribution is 7.90. The number of nitrogens with one attached hydrogen (secondary N) is 1. The molecule has 5 aliphatic rings. The molecule has 3 N–H and O–H groups in total. The van der Waals surface area contributed by atoms with Crippen molar-refractivity contribution >= 4 is 33.3 Å². The van der Waals surface area contributed by atoms with Gasteiger partial charge in [-0.05, 0) is 74.4 Å². The number of rotatable bonds is 5. The number of amides is 1. The van der Waals surface area contributed by atoms with E-state index in [-0.39, 0.29) is 33.9 Å². The summed E-state index contributed by atoms with van der Waals surface area (Å²) in [5, 5.41) is 23.4. The summed E-state index contributed by atoms with van der Waals surface area (Å²) in [6.07, 6.45) is 1.74. The first-order valence-electron chi connectivity index (χ1n) is 12.9. The number of piperidine rings is 1. The molecule has 1 saturated heterocycles. The van der Waals surface area contributed by atoms with Gasteiger partial charge in [0.25, 0.3) is 10.0 Å². The number of likely N-dealkylation sites (tertiary alicyclic amines) is 1. The van der Waals surface area contributed by atoms with Crippen LogP contribution in [0.3, 0.4) is 0 Å². The molecule has 11 heteroatoms. The van der Waals surface area contributed by atoms with E-state index in [4.69, 9.17) is 16.3 Å². The van der Waals surface area contributed by atoms with E-state index in [0.29, 0.717) is 30.9 Å². The van der Waals surface area contributed by atoms with Crippen molar-refractivity contribution < 1.29 is 33.0 Å². The van der Waals surface area contributed by atoms with Crippen LogP contribution in [0.1, 0.15) is 36.8 Å². The lowest BCUT2D eigenvalue weighted by Gasteiger charge is -2.63. The minimum atomic E-state index is -4.32. The molecular weight excluding hydrogens is 532 g/mol. The lowest BCUT2D eigenvalue weighted by molar-refractivity contribution is -0.198. The van der Waals surface area contributed by atoms with Gasteiger partial charge < -0.3 is 14.9 Å². The molecular formula is C27H27ClN2O7S. The zero-order chi connectivity index (χ0) is 26.6. The fourth-order valence-electron chi connectivity index (χ4n) is 7.42. The maximum atomic E-state index is 13.9. The molecule has 2 aromatic carbocycles. The Labute approximate surface area is 224 Å². The van der Waals surface area contributed by atoms with E-state index >= 15 is 0 Å². The van der Waals surface area contributed by atoms with E-state index < -0.39 is 44.8 Å². The van der Waals surface area contributed by atoms with Crippen LogP contribution in [0.15, 0.2) is 41.3 Å². The number of aromatic hydroxyl groups is 1. The Balaban J connectivity index is 1.29. The molecule has 3 fully saturated rings. The first-order chi connectivity index (χ1) is 18.0. The number of sulfonamides is 1. The zero-order valence-corrected chi connectivity index (χ0v) is 22.0. The molecule has 0 radical (unpaired) electrons. The topological polar surface area (TPSA) is 133 Å². The third-order valence-electron chi connectivity index (χ3n) is 9.29. The molecule has 2 aliphatic heterocycles. The molecule has 200 valence electrons. The van der Waals surface area contributed by atoms with Crippen molar-refractivity contribution in [3.8, 4) is 11.5 Å². The second-order valence-corrected chi connectivity index (χ2v) is 13.5. The smallest absolute Gasteiger partial charge is 0.264 e. The van der Waals surface area contributed by atoms with Gasteiger partial charge in [0, 0.05) is 23.2 Å². The van der Waals surface area contributed by atoms with E-state index in [1.807, 2.05) is 10.8 Å². The molecule has 1 amide bonds. The molecule has 2 bridgehead atoms. The molecule has 5 atom stereocenters. The van der Waals surface area contributed by atoms with Gasteiger partial charge in [0.05, 0.1) is 15.9 Å². The molecule has 2 aromatic rings. The number of phenols is 1. The summed E-state index contributed by atoms with van der Waals surface area (Å²) in [4.78, 5) is 29.4. The van der Waals surface area contributed by atoms with E-state index in [1.54, 1.807) is 6.07 Å². The SMILES string of the molecule is O=C(NS(=O)(=O)c1cccc(Cl)c1)C1C[C@@]2(O)[C@H]3Cc4ccc(O)c5c4[C@@]2(CCN3CC2CC2)[C@@H](O5)C1=O. The van der Waals surface area contributed by atoms with Crippen LogP contribution in [0.4, 0.5) is 0 Å². The van der Waals surface area contributed by atoms with Gasteiger partial charge in [-0.1, -0.05) is 23.7 Å². The predicted molar refractivity (Wildman–Crippen MR) is 135 cm³/mol. The fourth-order valence-corrected chi connectivity index (χ4v) is 8.74. The number of carbonyl (C=O) groups is 2. The van der Waals surface area contributed by atoms with Gasteiger partial charge in [-0.25, -0.2) is 13.1 Å². The van der Waals surface area contributed by atoms with Crippen LogP contribution in [0, 0.1) is 11.8 Å². The second-order valence-electron chi connectivity index (χ2n) is 11.3. The summed E-state index contributed by atoms with van der Waals surface area (Å²) in [6.45, 7) is 1.48. The lowest BCUT2D eigenvalue weighted by atomic mass is 9.47. The van der Waals surface area contributed by atoms with E-state index in [2.05, 4.69) is 4.90 Å². The Morgan fingerprint density at radius 1 is 1.24 bits per heavy atom. The number of Topliss-reactive ketones (excluding diaryl/α,β-unsaturated/α-hetero) is 1. The summed E-state index contributed by atoms with van der Waals surface area (Å²) in [5.41, 5.74) is -1.06. The van der Waals surface area contributed by atoms with Gasteiger partial charge in [0.1, 0.15) is 5.92 Å². The minimum Gasteiger partial charge on any atom is -0.504 e. The first kappa shape index (κ1) is 24.4. The van der Waals surface area contributed by atoms with Crippen molar-refractivity contribution in [3.05, 3.63) is 52.5 Å². The van der Waals surface area contributed by atoms with Crippen molar-refractivity contribution in [2.75, 3.05) is 13.1 Å². The van der Waals surface area contributed by atoms with E-state index in [9.17, 15) is 28.2 Å². The van der Waals surface area contributed by atoms with Gasteiger partial charge in [0.2, 0.25) is 5.91 Å². The number of phenolic OH excluding ortho intramolecular Hbond substituents is 1. The number of ketones is 1. The van der Waals surface area contributed by atoms with Gasteiger partial charge in [-0.3, -0.25) is 14.5 Å². The first-order valence-corrected chi connectivity index (χ1v) is 14.8. The van der Waals surface area contributed by atoms with Crippen LogP contribution in [0.25, 0.3) is 0 Å². The Kier molecular flexibility index (Phi) is 5.09. The Hall–Kier alpha value is -2.66. The monoisotopic (exact) mass is 558 g/mol. The van der Waals surface area contributed by atoms with Crippen LogP contribution < -0.4 is 9.46 Å². The number of aliphatic hydroxyl groups is 1. The standard InChI is InChI=1S/C27H27ClN2O7S/c28-16-2-1-3-17(11-16)38(35,36)29-25(33)18-12-27(34)20-10-15-6-7-19(31)23-21(15)26(27,24(37-23)22(18)32)8-9-30(20)13-14-4-5-14/h1-3,6-7,11,14,18,20,24,31,34H,4-5,8-10,12-13H2,(H,29,33)/t18?,20-,24+,26+,27-/m1/s1. The van der Waals surface area contributed by atoms with Crippen molar-refractivity contribution in [3.63, 3.8) is 0 Å². The number of carbonyl (C=O) groups excluding carboxylic acids is 2. The number of hydrogen-bond acceptors (Lipinski definition) is 8. The molecule has 3 aliphatic carbocycles. The number of benzene rings is 2. The second kappa shape index (κ2) is 7.94. The summed E-state index contributed by atoms with van der Waals surface area (Å²) < 4.78 is 34.1. The number of hydrogen-bond donors (Lipinski definition) is 3. The van der Waals surface area contributed by atoms with Crippen LogP contribution in [-0.2, 0) is 31.4 Å². The fraction of sp³-hybridized carbons (Fsp3) is 0.481. The molecule has 2 saturated carbocycles. The molecule has 9 nitrogen and oxygen atoms in total. The third-order valence-corrected chi connectivity index (χ3v) is 10.9. The van der Waals surface area contributed by atoms with Gasteiger partial charge in [-0.2, -0.15) is 0 Å². The average molecular weight is 559 g/mol. The summed E-state index contributed by atoms with van der Waals surface area (Å²) in [6, 6.07) is 8.47. The Morgan fingerprint density at radius 3 is 2.76 bits per heavy atom. The highest BCUT2D eigenvalue weighted by Crippen LogP contribution is 2.65. The largest absolute Gasteiger partial charge is 0.504 e. The number of ether oxygens (including phenoxy) is 1. The van der Waals surface area contributed by atoms with Crippen LogP contribution in [-0.4, -0.2) is 66.1 Å². The van der Waals surface area contributed by atoms with Crippen molar-refractivity contribution in [2.45, 2.75) is 60.2 Å².